The molecule has 3 heterocycles. The lowest BCUT2D eigenvalue weighted by Gasteiger charge is -2.36. The summed E-state index contributed by atoms with van der Waals surface area (Å²) >= 11 is 0. The number of hydrogen-bond donors (Lipinski definition) is 3. The minimum Gasteiger partial charge on any atom is -0.382 e. The van der Waals surface area contributed by atoms with E-state index < -0.39 is 6.04 Å². The van der Waals surface area contributed by atoms with Crippen LogP contribution in [0.4, 0.5) is 14.5 Å². The molecule has 9 heteroatoms. The first-order valence-corrected chi connectivity index (χ1v) is 13.0. The highest BCUT2D eigenvalue weighted by atomic mass is 19.1. The van der Waals surface area contributed by atoms with Crippen LogP contribution in [0, 0.1) is 11.6 Å². The molecule has 2 unspecified atom stereocenters. The van der Waals surface area contributed by atoms with Crippen LogP contribution in [0.15, 0.2) is 54.9 Å². The molecule has 0 aliphatic carbocycles. The number of benzene rings is 2. The molecule has 37 heavy (non-hydrogen) atoms. The van der Waals surface area contributed by atoms with Gasteiger partial charge in [0.15, 0.2) is 5.82 Å². The lowest BCUT2D eigenvalue weighted by molar-refractivity contribution is 0.0911. The maximum atomic E-state index is 15.2. The fourth-order valence-electron chi connectivity index (χ4n) is 5.50. The number of anilines is 1. The second kappa shape index (κ2) is 11.1. The molecule has 1 aromatic heterocycles. The van der Waals surface area contributed by atoms with Crippen molar-refractivity contribution in [2.45, 2.75) is 57.4 Å². The molecule has 2 aliphatic rings. The fraction of sp³-hybridized carbons (Fsp3) is 0.429. The van der Waals surface area contributed by atoms with Gasteiger partial charge in [-0.1, -0.05) is 6.07 Å². The van der Waals surface area contributed by atoms with Crippen molar-refractivity contribution in [1.29, 1.82) is 0 Å². The molecule has 0 saturated carbocycles. The number of piperidine rings is 1. The number of ketones is 1. The number of hydrogen-bond acceptors (Lipinski definition) is 6. The number of aromatic nitrogens is 2. The van der Waals surface area contributed by atoms with Crippen molar-refractivity contribution in [3.63, 3.8) is 0 Å². The van der Waals surface area contributed by atoms with Crippen molar-refractivity contribution < 1.29 is 13.6 Å². The maximum Gasteiger partial charge on any atom is 0.215 e. The van der Waals surface area contributed by atoms with E-state index in [0.717, 1.165) is 25.2 Å². The van der Waals surface area contributed by atoms with Crippen molar-refractivity contribution in [3.8, 4) is 5.69 Å². The van der Waals surface area contributed by atoms with Crippen LogP contribution in [0.2, 0.25) is 0 Å². The van der Waals surface area contributed by atoms with Gasteiger partial charge in [-0.15, -0.1) is 0 Å². The summed E-state index contributed by atoms with van der Waals surface area (Å²) in [5.41, 5.74) is 2.03. The Labute approximate surface area is 216 Å². The lowest BCUT2D eigenvalue weighted by Crippen LogP contribution is -2.53. The SMILES string of the molecule is C[C@@H]1CN(Cc2ccc(-n3ccnc3C(=O)C3CC(Nc4ccc(F)cc4)CCN3)cc2F)C[C@H](C)N1. The molecule has 2 fully saturated rings. The van der Waals surface area contributed by atoms with Crippen molar-refractivity contribution in [2.24, 2.45) is 0 Å². The zero-order valence-corrected chi connectivity index (χ0v) is 21.3. The first-order chi connectivity index (χ1) is 17.9. The molecule has 2 aromatic carbocycles. The van der Waals surface area contributed by atoms with E-state index in [-0.39, 0.29) is 29.3 Å². The molecule has 7 nitrogen and oxygen atoms in total. The molecule has 3 aromatic rings. The quantitative estimate of drug-likeness (QED) is 0.422. The number of halogens is 2. The molecule has 2 saturated heterocycles. The van der Waals surface area contributed by atoms with E-state index >= 15 is 4.39 Å². The highest BCUT2D eigenvalue weighted by molar-refractivity contribution is 5.97. The van der Waals surface area contributed by atoms with E-state index in [4.69, 9.17) is 0 Å². The Bertz CT molecular complexity index is 1220. The number of piperazine rings is 1. The average molecular weight is 509 g/mol. The third-order valence-electron chi connectivity index (χ3n) is 7.14. The van der Waals surface area contributed by atoms with Crippen molar-refractivity contribution in [2.75, 3.05) is 25.0 Å². The van der Waals surface area contributed by atoms with Crippen molar-refractivity contribution in [3.05, 3.63) is 77.9 Å². The first-order valence-electron chi connectivity index (χ1n) is 13.0. The molecule has 196 valence electrons. The van der Waals surface area contributed by atoms with Gasteiger partial charge in [0.1, 0.15) is 11.6 Å². The predicted molar refractivity (Wildman–Crippen MR) is 140 cm³/mol. The summed E-state index contributed by atoms with van der Waals surface area (Å²) in [6.45, 7) is 7.24. The Morgan fingerprint density at radius 2 is 1.86 bits per heavy atom. The highest BCUT2D eigenvalue weighted by Crippen LogP contribution is 2.22. The molecule has 5 rings (SSSR count). The van der Waals surface area contributed by atoms with Crippen molar-refractivity contribution >= 4 is 11.5 Å². The number of imidazole rings is 1. The average Bonchev–Trinajstić information content (AvgIpc) is 3.36. The number of nitrogens with one attached hydrogen (secondary N) is 3. The van der Waals surface area contributed by atoms with E-state index in [9.17, 15) is 9.18 Å². The van der Waals surface area contributed by atoms with E-state index in [2.05, 4.69) is 39.7 Å². The number of carbonyl (C=O) groups is 1. The molecular weight excluding hydrogens is 474 g/mol. The van der Waals surface area contributed by atoms with E-state index in [0.29, 0.717) is 42.8 Å². The molecule has 4 atom stereocenters. The number of rotatable bonds is 7. The van der Waals surface area contributed by atoms with E-state index in [1.54, 1.807) is 35.2 Å². The maximum absolute atomic E-state index is 15.2. The molecule has 3 N–H and O–H groups in total. The monoisotopic (exact) mass is 508 g/mol. The van der Waals surface area contributed by atoms with Crippen LogP contribution in [0.5, 0.6) is 0 Å². The topological polar surface area (TPSA) is 74.2 Å². The van der Waals surface area contributed by atoms with Gasteiger partial charge in [-0.05, 0) is 69.6 Å². The zero-order valence-electron chi connectivity index (χ0n) is 21.3. The zero-order chi connectivity index (χ0) is 25.9. The summed E-state index contributed by atoms with van der Waals surface area (Å²) < 4.78 is 30.0. The Hall–Kier alpha value is -3.14. The standard InChI is InChI=1S/C28H34F2N6O/c1-18-15-35(16-19(2)33-18)17-20-3-8-24(14-25(20)30)36-12-11-32-28(36)27(37)26-13-23(9-10-31-26)34-22-6-4-21(29)5-7-22/h3-8,11-12,14,18-19,23,26,31,33-34H,9-10,13,15-17H2,1-2H3/t18-,19+,23?,26?. The predicted octanol–water partition coefficient (Wildman–Crippen LogP) is 3.75. The largest absolute Gasteiger partial charge is 0.382 e. The van der Waals surface area contributed by atoms with Crippen LogP contribution in [0.1, 0.15) is 42.9 Å². The van der Waals surface area contributed by atoms with Crippen LogP contribution < -0.4 is 16.0 Å². The molecule has 0 radical (unpaired) electrons. The van der Waals surface area contributed by atoms with Gasteiger partial charge in [0.05, 0.1) is 11.7 Å². The van der Waals surface area contributed by atoms with Gasteiger partial charge < -0.3 is 16.0 Å². The Kier molecular flexibility index (Phi) is 7.64. The summed E-state index contributed by atoms with van der Waals surface area (Å²) in [5.74, 6) is -0.434. The fourth-order valence-corrected chi connectivity index (χ4v) is 5.50. The second-order valence-corrected chi connectivity index (χ2v) is 10.3. The third-order valence-corrected chi connectivity index (χ3v) is 7.14. The smallest absolute Gasteiger partial charge is 0.215 e. The normalized spacial score (nSPS) is 24.6. The number of nitrogens with zero attached hydrogens (tertiary/aromatic N) is 3. The van der Waals surface area contributed by atoms with Gasteiger partial charge in [0.25, 0.3) is 0 Å². The van der Waals surface area contributed by atoms with Gasteiger partial charge in [0, 0.05) is 61.4 Å². The highest BCUT2D eigenvalue weighted by Gasteiger charge is 2.30. The van der Waals surface area contributed by atoms with E-state index in [1.165, 1.54) is 18.2 Å². The molecule has 0 amide bonds. The van der Waals surface area contributed by atoms with Gasteiger partial charge in [-0.3, -0.25) is 14.3 Å². The number of carbonyl (C=O) groups excluding carboxylic acids is 1. The first kappa shape index (κ1) is 25.5. The summed E-state index contributed by atoms with van der Waals surface area (Å²) in [4.78, 5) is 20.0. The summed E-state index contributed by atoms with van der Waals surface area (Å²) in [6, 6.07) is 11.7. The molecular formula is C28H34F2N6O. The summed E-state index contributed by atoms with van der Waals surface area (Å²) in [7, 11) is 0. The minimum atomic E-state index is -0.423. The summed E-state index contributed by atoms with van der Waals surface area (Å²) in [6.07, 6.45) is 4.67. The van der Waals surface area contributed by atoms with Gasteiger partial charge in [-0.25, -0.2) is 13.8 Å². The number of Topliss-reactive ketones (excluding diaryl/α,β-unsaturated/α-hetero) is 1. The van der Waals surface area contributed by atoms with Crippen LogP contribution in [-0.2, 0) is 6.54 Å². The van der Waals surface area contributed by atoms with Crippen LogP contribution in [0.25, 0.3) is 5.69 Å². The minimum absolute atomic E-state index is 0.0659. The van der Waals surface area contributed by atoms with Crippen molar-refractivity contribution in [1.82, 2.24) is 25.1 Å². The lowest BCUT2D eigenvalue weighted by atomic mass is 9.95. The Balaban J connectivity index is 1.27. The Morgan fingerprint density at radius 1 is 1.11 bits per heavy atom. The van der Waals surface area contributed by atoms with Gasteiger partial charge in [-0.2, -0.15) is 0 Å². The summed E-state index contributed by atoms with van der Waals surface area (Å²) in [5, 5.41) is 10.2. The molecule has 0 bridgehead atoms. The molecule has 2 aliphatic heterocycles. The third kappa shape index (κ3) is 6.06. The second-order valence-electron chi connectivity index (χ2n) is 10.3. The van der Waals surface area contributed by atoms with Crippen LogP contribution >= 0.6 is 0 Å². The Morgan fingerprint density at radius 3 is 2.59 bits per heavy atom. The van der Waals surface area contributed by atoms with Crippen LogP contribution in [-0.4, -0.2) is 64.0 Å². The van der Waals surface area contributed by atoms with Gasteiger partial charge >= 0.3 is 0 Å². The van der Waals surface area contributed by atoms with E-state index in [1.807, 2.05) is 6.07 Å². The van der Waals surface area contributed by atoms with Gasteiger partial charge in [0.2, 0.25) is 5.78 Å². The molecule has 0 spiro atoms. The van der Waals surface area contributed by atoms with Crippen LogP contribution in [0.3, 0.4) is 0 Å².